The molecule has 0 bridgehead atoms. The van der Waals surface area contributed by atoms with Crippen LogP contribution in [0.4, 0.5) is 13.2 Å². The summed E-state index contributed by atoms with van der Waals surface area (Å²) in [4.78, 5) is 12.6. The van der Waals surface area contributed by atoms with Crippen LogP contribution in [0.25, 0.3) is 0 Å². The van der Waals surface area contributed by atoms with Crippen molar-refractivity contribution in [3.63, 3.8) is 0 Å². The molecule has 0 heterocycles. The summed E-state index contributed by atoms with van der Waals surface area (Å²) in [5, 5.41) is 8.29. The van der Waals surface area contributed by atoms with Crippen molar-refractivity contribution in [1.29, 1.82) is 5.26 Å². The molecule has 0 aliphatic rings. The highest BCUT2D eigenvalue weighted by Gasteiger charge is 2.25. The fourth-order valence-electron chi connectivity index (χ4n) is 0.987. The van der Waals surface area contributed by atoms with Crippen molar-refractivity contribution in [3.05, 3.63) is 0 Å². The molecule has 0 aromatic rings. The minimum atomic E-state index is -4.18. The zero-order chi connectivity index (χ0) is 13.3. The number of hydrogen-bond donors (Lipinski definition) is 0. The molecule has 0 aromatic carbocycles. The number of hydrogen-bond acceptors (Lipinski definition) is 3. The summed E-state index contributed by atoms with van der Waals surface area (Å²) >= 11 is 0. The van der Waals surface area contributed by atoms with Crippen LogP contribution in [-0.2, 0) is 9.53 Å². The van der Waals surface area contributed by atoms with Crippen molar-refractivity contribution in [3.8, 4) is 6.07 Å². The van der Waals surface area contributed by atoms with E-state index in [0.717, 1.165) is 0 Å². The van der Waals surface area contributed by atoms with Crippen LogP contribution in [0.3, 0.4) is 0 Å². The summed E-state index contributed by atoms with van der Waals surface area (Å²) in [5.74, 6) is -0.341. The largest absolute Gasteiger partial charge is 0.389 e. The number of ether oxygens (including phenoxy) is 1. The molecule has 0 spiro atoms. The Morgan fingerprint density at radius 3 is 2.65 bits per heavy atom. The smallest absolute Gasteiger partial charge is 0.372 e. The van der Waals surface area contributed by atoms with Crippen molar-refractivity contribution >= 4 is 5.91 Å². The van der Waals surface area contributed by atoms with Crippen LogP contribution in [0, 0.1) is 11.3 Å². The summed E-state index contributed by atoms with van der Waals surface area (Å²) in [6.45, 7) is -0.0572. The number of alkyl halides is 3. The summed E-state index contributed by atoms with van der Waals surface area (Å²) < 4.78 is 40.1. The standard InChI is InChI=1S/C10H15F3N2O2/c1-15(6-3-5-14)9(16)8-17-7-2-4-10(11,12)13/h2-4,6-8H2,1H3. The number of likely N-dealkylation sites (N-methyl/N-ethyl adjacent to an activating group) is 1. The van der Waals surface area contributed by atoms with Gasteiger partial charge in [0.05, 0.1) is 12.5 Å². The third-order valence-corrected chi connectivity index (χ3v) is 1.96. The van der Waals surface area contributed by atoms with E-state index in [1.165, 1.54) is 11.9 Å². The van der Waals surface area contributed by atoms with E-state index >= 15 is 0 Å². The molecule has 98 valence electrons. The van der Waals surface area contributed by atoms with E-state index in [1.54, 1.807) is 0 Å². The number of rotatable bonds is 7. The predicted octanol–water partition coefficient (Wildman–Crippen LogP) is 1.72. The first kappa shape index (κ1) is 15.7. The third-order valence-electron chi connectivity index (χ3n) is 1.96. The van der Waals surface area contributed by atoms with E-state index in [4.69, 9.17) is 10.00 Å². The Morgan fingerprint density at radius 1 is 1.47 bits per heavy atom. The molecule has 0 aromatic heterocycles. The first-order valence-corrected chi connectivity index (χ1v) is 5.12. The highest BCUT2D eigenvalue weighted by atomic mass is 19.4. The highest BCUT2D eigenvalue weighted by Crippen LogP contribution is 2.20. The van der Waals surface area contributed by atoms with Gasteiger partial charge in [0.15, 0.2) is 0 Å². The monoisotopic (exact) mass is 252 g/mol. The van der Waals surface area contributed by atoms with Crippen LogP contribution in [0.2, 0.25) is 0 Å². The van der Waals surface area contributed by atoms with Crippen LogP contribution in [0.5, 0.6) is 0 Å². The Labute approximate surface area is 97.9 Å². The highest BCUT2D eigenvalue weighted by molar-refractivity contribution is 5.77. The second kappa shape index (κ2) is 7.90. The summed E-state index contributed by atoms with van der Waals surface area (Å²) in [6, 6.07) is 1.89. The van der Waals surface area contributed by atoms with Crippen molar-refractivity contribution < 1.29 is 22.7 Å². The minimum Gasteiger partial charge on any atom is -0.372 e. The normalized spacial score (nSPS) is 11.0. The second-order valence-electron chi connectivity index (χ2n) is 3.49. The van der Waals surface area contributed by atoms with E-state index in [2.05, 4.69) is 0 Å². The molecule has 0 atom stereocenters. The Kier molecular flexibility index (Phi) is 7.30. The average molecular weight is 252 g/mol. The lowest BCUT2D eigenvalue weighted by Crippen LogP contribution is -2.31. The average Bonchev–Trinajstić information content (AvgIpc) is 2.23. The third kappa shape index (κ3) is 9.63. The van der Waals surface area contributed by atoms with Gasteiger partial charge in [0.25, 0.3) is 0 Å². The molecule has 0 rings (SSSR count). The van der Waals surface area contributed by atoms with Gasteiger partial charge in [-0.15, -0.1) is 0 Å². The van der Waals surface area contributed by atoms with Crippen molar-refractivity contribution in [2.24, 2.45) is 0 Å². The zero-order valence-corrected chi connectivity index (χ0v) is 9.59. The molecular formula is C10H15F3N2O2. The Hall–Kier alpha value is -1.29. The number of nitrogens with zero attached hydrogens (tertiary/aromatic N) is 2. The molecule has 17 heavy (non-hydrogen) atoms. The lowest BCUT2D eigenvalue weighted by Gasteiger charge is -2.15. The van der Waals surface area contributed by atoms with E-state index in [9.17, 15) is 18.0 Å². The van der Waals surface area contributed by atoms with E-state index < -0.39 is 12.6 Å². The van der Waals surface area contributed by atoms with Gasteiger partial charge >= 0.3 is 6.18 Å². The Balaban J connectivity index is 3.55. The molecular weight excluding hydrogens is 237 g/mol. The molecule has 0 saturated carbocycles. The van der Waals surface area contributed by atoms with Gasteiger partial charge in [-0.3, -0.25) is 4.79 Å². The van der Waals surface area contributed by atoms with Gasteiger partial charge in [0.2, 0.25) is 5.91 Å². The molecule has 4 nitrogen and oxygen atoms in total. The van der Waals surface area contributed by atoms with Gasteiger partial charge in [-0.05, 0) is 6.42 Å². The fourth-order valence-corrected chi connectivity index (χ4v) is 0.987. The molecule has 0 N–H and O–H groups in total. The van der Waals surface area contributed by atoms with Gasteiger partial charge in [0, 0.05) is 26.6 Å². The van der Waals surface area contributed by atoms with Gasteiger partial charge < -0.3 is 9.64 Å². The summed E-state index contributed by atoms with van der Waals surface area (Å²) in [5.41, 5.74) is 0. The number of halogens is 3. The van der Waals surface area contributed by atoms with Gasteiger partial charge in [-0.25, -0.2) is 0 Å². The quantitative estimate of drug-likeness (QED) is 0.648. The first-order valence-electron chi connectivity index (χ1n) is 5.12. The van der Waals surface area contributed by atoms with Crippen LogP contribution in [0.1, 0.15) is 19.3 Å². The van der Waals surface area contributed by atoms with Crippen LogP contribution < -0.4 is 0 Å². The van der Waals surface area contributed by atoms with E-state index in [-0.39, 0.29) is 32.0 Å². The molecule has 7 heteroatoms. The number of amides is 1. The Morgan fingerprint density at radius 2 is 2.12 bits per heavy atom. The maximum Gasteiger partial charge on any atom is 0.389 e. The fraction of sp³-hybridized carbons (Fsp3) is 0.800. The van der Waals surface area contributed by atoms with Crippen molar-refractivity contribution in [2.45, 2.75) is 25.4 Å². The van der Waals surface area contributed by atoms with Crippen LogP contribution in [-0.4, -0.2) is 43.8 Å². The zero-order valence-electron chi connectivity index (χ0n) is 9.59. The van der Waals surface area contributed by atoms with Gasteiger partial charge in [0.1, 0.15) is 6.61 Å². The molecule has 0 fully saturated rings. The topological polar surface area (TPSA) is 53.3 Å². The number of nitriles is 1. The van der Waals surface area contributed by atoms with E-state index in [0.29, 0.717) is 6.54 Å². The summed E-state index contributed by atoms with van der Waals surface area (Å²) in [6.07, 6.45) is -5.03. The number of carbonyl (C=O) groups excluding carboxylic acids is 1. The molecule has 1 amide bonds. The van der Waals surface area contributed by atoms with Crippen molar-refractivity contribution in [1.82, 2.24) is 4.90 Å². The van der Waals surface area contributed by atoms with Gasteiger partial charge in [-0.2, -0.15) is 18.4 Å². The SMILES string of the molecule is CN(CCC#N)C(=O)COCCCC(F)(F)F. The minimum absolute atomic E-state index is 0.0999. The molecule has 0 aliphatic heterocycles. The lowest BCUT2D eigenvalue weighted by atomic mass is 10.3. The molecule has 0 unspecified atom stereocenters. The maximum atomic E-state index is 11.7. The molecule has 0 aliphatic carbocycles. The first-order chi connectivity index (χ1) is 7.87. The van der Waals surface area contributed by atoms with Crippen LogP contribution in [0.15, 0.2) is 0 Å². The number of carbonyl (C=O) groups is 1. The molecule has 0 radical (unpaired) electrons. The van der Waals surface area contributed by atoms with Crippen molar-refractivity contribution in [2.75, 3.05) is 26.8 Å². The molecule has 0 saturated heterocycles. The lowest BCUT2D eigenvalue weighted by molar-refractivity contribution is -0.140. The van der Waals surface area contributed by atoms with E-state index in [1.807, 2.05) is 6.07 Å². The predicted molar refractivity (Wildman–Crippen MR) is 54.0 cm³/mol. The van der Waals surface area contributed by atoms with Gasteiger partial charge in [-0.1, -0.05) is 0 Å². The summed E-state index contributed by atoms with van der Waals surface area (Å²) in [7, 11) is 1.51. The maximum absolute atomic E-state index is 11.7. The second-order valence-corrected chi connectivity index (χ2v) is 3.49. The Bertz CT molecular complexity index is 274. The van der Waals surface area contributed by atoms with Crippen LogP contribution >= 0.6 is 0 Å².